The number of aliphatic hydroxyl groups is 1. The van der Waals surface area contributed by atoms with Crippen LogP contribution in [0, 0.1) is 23.0 Å². The fourth-order valence-corrected chi connectivity index (χ4v) is 2.55. The molecule has 0 saturated carbocycles. The third kappa shape index (κ3) is 3.34. The molecular formula is C17H17F2N3O2. The first-order valence-corrected chi connectivity index (χ1v) is 7.58. The number of aromatic nitrogens is 2. The Kier molecular flexibility index (Phi) is 5.42. The van der Waals surface area contributed by atoms with Crippen molar-refractivity contribution in [1.29, 1.82) is 5.26 Å². The van der Waals surface area contributed by atoms with E-state index in [-0.39, 0.29) is 17.7 Å². The van der Waals surface area contributed by atoms with Crippen LogP contribution >= 0.6 is 0 Å². The largest absolute Gasteiger partial charge is 0.386 e. The van der Waals surface area contributed by atoms with E-state index in [0.717, 1.165) is 16.8 Å². The van der Waals surface area contributed by atoms with Crippen LogP contribution in [0.25, 0.3) is 0 Å². The molecule has 126 valence electrons. The van der Waals surface area contributed by atoms with Crippen LogP contribution in [-0.4, -0.2) is 14.9 Å². The third-order valence-electron chi connectivity index (χ3n) is 3.81. The molecule has 0 radical (unpaired) electrons. The molecule has 2 aromatic rings. The first kappa shape index (κ1) is 17.8. The Morgan fingerprint density at radius 1 is 1.29 bits per heavy atom. The predicted molar refractivity (Wildman–Crippen MR) is 83.3 cm³/mol. The van der Waals surface area contributed by atoms with Gasteiger partial charge >= 0.3 is 0 Å². The molecule has 0 aliphatic rings. The van der Waals surface area contributed by atoms with Gasteiger partial charge in [-0.05, 0) is 36.1 Å². The molecule has 5 nitrogen and oxygen atoms in total. The number of hydrogen-bond donors (Lipinski definition) is 1. The second kappa shape index (κ2) is 7.32. The van der Waals surface area contributed by atoms with Gasteiger partial charge < -0.3 is 5.11 Å². The number of aryl methyl sites for hydroxylation is 1. The van der Waals surface area contributed by atoms with E-state index in [0.29, 0.717) is 24.1 Å². The summed E-state index contributed by atoms with van der Waals surface area (Å²) in [5.74, 6) is -2.10. The first-order chi connectivity index (χ1) is 11.4. The Morgan fingerprint density at radius 3 is 2.54 bits per heavy atom. The lowest BCUT2D eigenvalue weighted by atomic mass is 10.0. The van der Waals surface area contributed by atoms with Gasteiger partial charge in [0.05, 0.1) is 18.3 Å². The summed E-state index contributed by atoms with van der Waals surface area (Å²) in [7, 11) is 0. The van der Waals surface area contributed by atoms with Gasteiger partial charge in [-0.25, -0.2) is 13.5 Å². The van der Waals surface area contributed by atoms with E-state index in [2.05, 4.69) is 5.10 Å². The maximum Gasteiger partial charge on any atom is 0.285 e. The predicted octanol–water partition coefficient (Wildman–Crippen LogP) is 2.25. The molecule has 1 aromatic carbocycles. The van der Waals surface area contributed by atoms with Crippen molar-refractivity contribution in [1.82, 2.24) is 9.78 Å². The summed E-state index contributed by atoms with van der Waals surface area (Å²) in [5, 5.41) is 23.6. The zero-order chi connectivity index (χ0) is 17.9. The van der Waals surface area contributed by atoms with Crippen molar-refractivity contribution in [2.24, 2.45) is 0 Å². The number of benzene rings is 1. The van der Waals surface area contributed by atoms with E-state index < -0.39 is 23.3 Å². The Labute approximate surface area is 137 Å². The number of hydrogen-bond acceptors (Lipinski definition) is 4. The summed E-state index contributed by atoms with van der Waals surface area (Å²) < 4.78 is 27.3. The highest BCUT2D eigenvalue weighted by atomic mass is 19.2. The third-order valence-corrected chi connectivity index (χ3v) is 3.81. The summed E-state index contributed by atoms with van der Waals surface area (Å²) in [5.41, 5.74) is 0.725. The van der Waals surface area contributed by atoms with Gasteiger partial charge in [0.15, 0.2) is 11.6 Å². The Balaban J connectivity index is 2.44. The van der Waals surface area contributed by atoms with Crippen LogP contribution in [0.5, 0.6) is 0 Å². The van der Waals surface area contributed by atoms with Crippen LogP contribution in [0.2, 0.25) is 0 Å². The van der Waals surface area contributed by atoms with Crippen molar-refractivity contribution in [3.63, 3.8) is 0 Å². The van der Waals surface area contributed by atoms with E-state index >= 15 is 0 Å². The van der Waals surface area contributed by atoms with Crippen molar-refractivity contribution < 1.29 is 13.9 Å². The normalized spacial score (nSPS) is 12.0. The average molecular weight is 333 g/mol. The second-order valence-corrected chi connectivity index (χ2v) is 5.30. The smallest absolute Gasteiger partial charge is 0.285 e. The molecule has 0 spiro atoms. The minimum Gasteiger partial charge on any atom is -0.386 e. The van der Waals surface area contributed by atoms with Gasteiger partial charge in [0, 0.05) is 0 Å². The van der Waals surface area contributed by atoms with Crippen molar-refractivity contribution in [3.05, 3.63) is 62.6 Å². The fourth-order valence-electron chi connectivity index (χ4n) is 2.55. The van der Waals surface area contributed by atoms with Gasteiger partial charge in [0.1, 0.15) is 11.6 Å². The van der Waals surface area contributed by atoms with Gasteiger partial charge in [-0.15, -0.1) is 0 Å². The number of nitriles is 1. The van der Waals surface area contributed by atoms with Crippen molar-refractivity contribution in [2.45, 2.75) is 39.3 Å². The molecule has 2 rings (SSSR count). The average Bonchev–Trinajstić information content (AvgIpc) is 2.58. The maximum atomic E-state index is 13.3. The quantitative estimate of drug-likeness (QED) is 0.910. The van der Waals surface area contributed by atoms with E-state index in [1.54, 1.807) is 0 Å². The minimum absolute atomic E-state index is 0.00170. The molecular weight excluding hydrogens is 316 g/mol. The highest BCUT2D eigenvalue weighted by Crippen LogP contribution is 2.18. The molecule has 0 aliphatic carbocycles. The molecule has 1 N–H and O–H groups in total. The maximum absolute atomic E-state index is 13.3. The van der Waals surface area contributed by atoms with E-state index in [1.807, 2.05) is 19.9 Å². The molecule has 24 heavy (non-hydrogen) atoms. The lowest BCUT2D eigenvalue weighted by molar-refractivity contribution is 0.148. The molecule has 0 fully saturated rings. The van der Waals surface area contributed by atoms with Crippen LogP contribution in [-0.2, 0) is 19.4 Å². The van der Waals surface area contributed by atoms with Crippen molar-refractivity contribution in [3.8, 4) is 6.07 Å². The summed E-state index contributed by atoms with van der Waals surface area (Å²) >= 11 is 0. The molecule has 7 heteroatoms. The Morgan fingerprint density at radius 2 is 2.00 bits per heavy atom. The Bertz CT molecular complexity index is 856. The molecule has 1 heterocycles. The molecule has 0 unspecified atom stereocenters. The SMILES string of the molecule is CCc1nn(C[C@H](O)c2ccc(F)c(F)c2)c(=O)c(C#N)c1CC. The van der Waals surface area contributed by atoms with E-state index in [4.69, 9.17) is 0 Å². The summed E-state index contributed by atoms with van der Waals surface area (Å²) in [6, 6.07) is 4.91. The second-order valence-electron chi connectivity index (χ2n) is 5.30. The van der Waals surface area contributed by atoms with Crippen LogP contribution in [0.3, 0.4) is 0 Å². The first-order valence-electron chi connectivity index (χ1n) is 7.58. The summed E-state index contributed by atoms with van der Waals surface area (Å²) in [6.45, 7) is 3.43. The number of nitrogens with zero attached hydrogens (tertiary/aromatic N) is 3. The number of rotatable bonds is 5. The van der Waals surface area contributed by atoms with Crippen LogP contribution in [0.15, 0.2) is 23.0 Å². The highest BCUT2D eigenvalue weighted by Gasteiger charge is 2.18. The van der Waals surface area contributed by atoms with Crippen molar-refractivity contribution in [2.75, 3.05) is 0 Å². The highest BCUT2D eigenvalue weighted by molar-refractivity contribution is 5.38. The number of aliphatic hydroxyl groups excluding tert-OH is 1. The molecule has 1 atom stereocenters. The van der Waals surface area contributed by atoms with Crippen LogP contribution < -0.4 is 5.56 Å². The van der Waals surface area contributed by atoms with E-state index in [9.17, 15) is 23.9 Å². The van der Waals surface area contributed by atoms with Crippen LogP contribution in [0.1, 0.15) is 42.3 Å². The molecule has 0 amide bonds. The van der Waals surface area contributed by atoms with Crippen LogP contribution in [0.4, 0.5) is 8.78 Å². The van der Waals surface area contributed by atoms with Gasteiger partial charge in [-0.3, -0.25) is 4.79 Å². The van der Waals surface area contributed by atoms with Gasteiger partial charge in [-0.2, -0.15) is 10.4 Å². The van der Waals surface area contributed by atoms with Gasteiger partial charge in [0.25, 0.3) is 5.56 Å². The van der Waals surface area contributed by atoms with Gasteiger partial charge in [0.2, 0.25) is 0 Å². The standard InChI is InChI=1S/C17H17F2N3O2/c1-3-11-12(8-20)17(24)22(21-15(11)4-2)9-16(23)10-5-6-13(18)14(19)7-10/h5-7,16,23H,3-4,9H2,1-2H3/t16-/m0/s1. The minimum atomic E-state index is -1.26. The van der Waals surface area contributed by atoms with Gasteiger partial charge in [-0.1, -0.05) is 19.9 Å². The van der Waals surface area contributed by atoms with E-state index in [1.165, 1.54) is 6.07 Å². The summed E-state index contributed by atoms with van der Waals surface area (Å²) in [4.78, 5) is 12.4. The molecule has 1 aromatic heterocycles. The zero-order valence-electron chi connectivity index (χ0n) is 13.4. The van der Waals surface area contributed by atoms with Crippen molar-refractivity contribution >= 4 is 0 Å². The lowest BCUT2D eigenvalue weighted by Crippen LogP contribution is -2.30. The Hall–Kier alpha value is -2.59. The lowest BCUT2D eigenvalue weighted by Gasteiger charge is -2.15. The molecule has 0 bridgehead atoms. The zero-order valence-corrected chi connectivity index (χ0v) is 13.4. The monoisotopic (exact) mass is 333 g/mol. The topological polar surface area (TPSA) is 78.9 Å². The summed E-state index contributed by atoms with van der Waals surface area (Å²) in [6.07, 6.45) is -0.227. The molecule has 0 aliphatic heterocycles. The number of halogens is 2. The molecule has 0 saturated heterocycles. The fraction of sp³-hybridized carbons (Fsp3) is 0.353.